The van der Waals surface area contributed by atoms with Crippen LogP contribution in [0.4, 0.5) is 0 Å². The molecule has 1 unspecified atom stereocenters. The molecule has 0 radical (unpaired) electrons. The number of carbonyl (C=O) groups is 2. The van der Waals surface area contributed by atoms with Gasteiger partial charge in [-0.25, -0.2) is 0 Å². The number of benzene rings is 1. The SMILES string of the molecule is CC(C)(c1ccc(Cl)cc1)N1CC(C(=O)O)CC1=O. The van der Waals surface area contributed by atoms with Crippen LogP contribution in [0.25, 0.3) is 0 Å². The summed E-state index contributed by atoms with van der Waals surface area (Å²) in [5.74, 6) is -1.64. The van der Waals surface area contributed by atoms with E-state index >= 15 is 0 Å². The van der Waals surface area contributed by atoms with Gasteiger partial charge in [0.1, 0.15) is 0 Å². The zero-order valence-corrected chi connectivity index (χ0v) is 11.6. The molecule has 4 nitrogen and oxygen atoms in total. The Bertz CT molecular complexity index is 510. The van der Waals surface area contributed by atoms with E-state index in [9.17, 15) is 9.59 Å². The predicted octanol–water partition coefficient (Wildman–Crippen LogP) is 2.51. The highest BCUT2D eigenvalue weighted by Gasteiger charge is 2.42. The van der Waals surface area contributed by atoms with Gasteiger partial charge in [0.05, 0.1) is 11.5 Å². The van der Waals surface area contributed by atoms with E-state index in [0.717, 1.165) is 5.56 Å². The minimum absolute atomic E-state index is 0.0757. The Morgan fingerprint density at radius 2 is 1.95 bits per heavy atom. The van der Waals surface area contributed by atoms with Crippen molar-refractivity contribution in [2.24, 2.45) is 5.92 Å². The number of carbonyl (C=O) groups excluding carboxylic acids is 1. The zero-order valence-electron chi connectivity index (χ0n) is 10.9. The highest BCUT2D eigenvalue weighted by atomic mass is 35.5. The minimum Gasteiger partial charge on any atom is -0.481 e. The smallest absolute Gasteiger partial charge is 0.308 e. The van der Waals surface area contributed by atoms with Gasteiger partial charge < -0.3 is 10.0 Å². The van der Waals surface area contributed by atoms with Gasteiger partial charge in [-0.2, -0.15) is 0 Å². The molecule has 5 heteroatoms. The summed E-state index contributed by atoms with van der Waals surface area (Å²) in [7, 11) is 0. The molecule has 1 fully saturated rings. The van der Waals surface area contributed by atoms with Gasteiger partial charge in [-0.1, -0.05) is 23.7 Å². The van der Waals surface area contributed by atoms with Crippen molar-refractivity contribution in [2.75, 3.05) is 6.54 Å². The second-order valence-corrected chi connectivity index (χ2v) is 5.75. The number of carboxylic acid groups (broad SMARTS) is 1. The monoisotopic (exact) mass is 281 g/mol. The van der Waals surface area contributed by atoms with E-state index in [-0.39, 0.29) is 18.9 Å². The first kappa shape index (κ1) is 13.9. The third kappa shape index (κ3) is 2.59. The first-order valence-electron chi connectivity index (χ1n) is 6.11. The number of halogens is 1. The molecule has 0 saturated carbocycles. The lowest BCUT2D eigenvalue weighted by atomic mass is 9.92. The number of aliphatic carboxylic acids is 1. The van der Waals surface area contributed by atoms with Gasteiger partial charge in [0.2, 0.25) is 5.91 Å². The third-order valence-corrected chi connectivity index (χ3v) is 3.95. The lowest BCUT2D eigenvalue weighted by Crippen LogP contribution is -2.42. The van der Waals surface area contributed by atoms with Crippen molar-refractivity contribution >= 4 is 23.5 Å². The quantitative estimate of drug-likeness (QED) is 0.926. The molecule has 1 aliphatic heterocycles. The number of rotatable bonds is 3. The highest BCUT2D eigenvalue weighted by molar-refractivity contribution is 6.30. The van der Waals surface area contributed by atoms with Crippen LogP contribution in [-0.4, -0.2) is 28.4 Å². The molecule has 0 aliphatic carbocycles. The molecule has 1 aromatic carbocycles. The highest BCUT2D eigenvalue weighted by Crippen LogP contribution is 2.34. The number of nitrogens with zero attached hydrogens (tertiary/aromatic N) is 1. The molecule has 1 saturated heterocycles. The molecule has 19 heavy (non-hydrogen) atoms. The first-order chi connectivity index (χ1) is 8.82. The molecule has 0 spiro atoms. The average Bonchev–Trinajstić information content (AvgIpc) is 2.73. The molecular weight excluding hydrogens is 266 g/mol. The fraction of sp³-hybridized carbons (Fsp3) is 0.429. The van der Waals surface area contributed by atoms with Crippen molar-refractivity contribution in [3.8, 4) is 0 Å². The molecule has 1 amide bonds. The van der Waals surface area contributed by atoms with E-state index in [1.807, 2.05) is 26.0 Å². The summed E-state index contributed by atoms with van der Waals surface area (Å²) < 4.78 is 0. The van der Waals surface area contributed by atoms with Gasteiger partial charge in [-0.05, 0) is 31.5 Å². The molecule has 1 aliphatic rings. The lowest BCUT2D eigenvalue weighted by molar-refractivity contribution is -0.141. The van der Waals surface area contributed by atoms with Crippen LogP contribution < -0.4 is 0 Å². The van der Waals surface area contributed by atoms with Crippen LogP contribution in [-0.2, 0) is 15.1 Å². The van der Waals surface area contributed by atoms with Crippen molar-refractivity contribution in [1.82, 2.24) is 4.90 Å². The van der Waals surface area contributed by atoms with Gasteiger partial charge in [-0.3, -0.25) is 9.59 Å². The average molecular weight is 282 g/mol. The number of amides is 1. The maximum absolute atomic E-state index is 12.0. The second-order valence-electron chi connectivity index (χ2n) is 5.31. The number of hydrogen-bond donors (Lipinski definition) is 1. The summed E-state index contributed by atoms with van der Waals surface area (Å²) in [4.78, 5) is 24.7. The normalized spacial score (nSPS) is 19.8. The van der Waals surface area contributed by atoms with Crippen molar-refractivity contribution in [1.29, 1.82) is 0 Å². The van der Waals surface area contributed by atoms with Gasteiger partial charge >= 0.3 is 5.97 Å². The fourth-order valence-corrected chi connectivity index (χ4v) is 2.55. The zero-order chi connectivity index (χ0) is 14.2. The van der Waals surface area contributed by atoms with E-state index in [2.05, 4.69) is 0 Å². The lowest BCUT2D eigenvalue weighted by Gasteiger charge is -2.36. The van der Waals surface area contributed by atoms with Crippen LogP contribution in [0.5, 0.6) is 0 Å². The molecular formula is C14H16ClNO3. The Kier molecular flexibility index (Phi) is 3.54. The Labute approximate surface area is 117 Å². The first-order valence-corrected chi connectivity index (χ1v) is 6.49. The van der Waals surface area contributed by atoms with Crippen LogP contribution in [0.1, 0.15) is 25.8 Å². The van der Waals surface area contributed by atoms with Crippen molar-refractivity contribution in [2.45, 2.75) is 25.8 Å². The molecule has 1 atom stereocenters. The molecule has 102 valence electrons. The van der Waals surface area contributed by atoms with E-state index in [1.165, 1.54) is 0 Å². The summed E-state index contributed by atoms with van der Waals surface area (Å²) in [6.45, 7) is 4.08. The van der Waals surface area contributed by atoms with Gasteiger partial charge in [-0.15, -0.1) is 0 Å². The number of carboxylic acids is 1. The molecule has 1 heterocycles. The maximum Gasteiger partial charge on any atom is 0.308 e. The fourth-order valence-electron chi connectivity index (χ4n) is 2.43. The van der Waals surface area contributed by atoms with Gasteiger partial charge in [0.15, 0.2) is 0 Å². The van der Waals surface area contributed by atoms with Crippen LogP contribution in [0.3, 0.4) is 0 Å². The summed E-state index contributed by atoms with van der Waals surface area (Å²) in [6, 6.07) is 7.27. The van der Waals surface area contributed by atoms with Crippen molar-refractivity contribution in [3.05, 3.63) is 34.9 Å². The topological polar surface area (TPSA) is 57.6 Å². The molecule has 2 rings (SSSR count). The molecule has 0 bridgehead atoms. The Hall–Kier alpha value is -1.55. The Balaban J connectivity index is 2.27. The van der Waals surface area contributed by atoms with E-state index in [4.69, 9.17) is 16.7 Å². The summed E-state index contributed by atoms with van der Waals surface area (Å²) >= 11 is 5.86. The maximum atomic E-state index is 12.0. The molecule has 1 N–H and O–H groups in total. The molecule has 0 aromatic heterocycles. The van der Waals surface area contributed by atoms with E-state index in [0.29, 0.717) is 5.02 Å². The van der Waals surface area contributed by atoms with Gasteiger partial charge in [0.25, 0.3) is 0 Å². The van der Waals surface area contributed by atoms with Crippen LogP contribution in [0, 0.1) is 5.92 Å². The van der Waals surface area contributed by atoms with Gasteiger partial charge in [0, 0.05) is 18.0 Å². The Morgan fingerprint density at radius 1 is 1.37 bits per heavy atom. The standard InChI is InChI=1S/C14H16ClNO3/c1-14(2,10-3-5-11(15)6-4-10)16-8-9(13(18)19)7-12(16)17/h3-6,9H,7-8H2,1-2H3,(H,18,19). The third-order valence-electron chi connectivity index (χ3n) is 3.70. The van der Waals surface area contributed by atoms with E-state index in [1.54, 1.807) is 17.0 Å². The summed E-state index contributed by atoms with van der Waals surface area (Å²) in [5, 5.41) is 9.66. The number of hydrogen-bond acceptors (Lipinski definition) is 2. The number of likely N-dealkylation sites (tertiary alicyclic amines) is 1. The van der Waals surface area contributed by atoms with Crippen LogP contribution in [0.15, 0.2) is 24.3 Å². The largest absolute Gasteiger partial charge is 0.481 e. The van der Waals surface area contributed by atoms with Crippen molar-refractivity contribution < 1.29 is 14.7 Å². The predicted molar refractivity (Wildman–Crippen MR) is 71.9 cm³/mol. The van der Waals surface area contributed by atoms with Crippen molar-refractivity contribution in [3.63, 3.8) is 0 Å². The molecule has 1 aromatic rings. The van der Waals surface area contributed by atoms with E-state index < -0.39 is 17.4 Å². The second kappa shape index (κ2) is 4.85. The summed E-state index contributed by atoms with van der Waals surface area (Å²) in [5.41, 5.74) is 0.405. The Morgan fingerprint density at radius 3 is 2.42 bits per heavy atom. The minimum atomic E-state index is -0.914. The van der Waals surface area contributed by atoms with Crippen LogP contribution >= 0.6 is 11.6 Å². The summed E-state index contributed by atoms with van der Waals surface area (Å²) in [6.07, 6.45) is 0.0757. The van der Waals surface area contributed by atoms with Crippen LogP contribution in [0.2, 0.25) is 5.02 Å².